The first-order valence-corrected chi connectivity index (χ1v) is 8.69. The molecule has 3 aromatic rings. The van der Waals surface area contributed by atoms with Gasteiger partial charge >= 0.3 is 0 Å². The lowest BCUT2D eigenvalue weighted by molar-refractivity contribution is 0.103. The van der Waals surface area contributed by atoms with Crippen LogP contribution in [0.3, 0.4) is 0 Å². The predicted molar refractivity (Wildman–Crippen MR) is 102 cm³/mol. The maximum atomic E-state index is 12.5. The molecule has 25 heavy (non-hydrogen) atoms. The van der Waals surface area contributed by atoms with Gasteiger partial charge in [-0.15, -0.1) is 11.3 Å². The maximum Gasteiger partial charge on any atom is 0.265 e. The molecule has 2 aromatic carbocycles. The highest BCUT2D eigenvalue weighted by Crippen LogP contribution is 2.32. The van der Waals surface area contributed by atoms with Crippen molar-refractivity contribution in [3.63, 3.8) is 0 Å². The zero-order chi connectivity index (χ0) is 17.8. The number of methoxy groups -OCH3 is 2. The molecule has 0 spiro atoms. The van der Waals surface area contributed by atoms with Gasteiger partial charge in [0.05, 0.1) is 24.8 Å². The molecule has 0 aliphatic carbocycles. The van der Waals surface area contributed by atoms with Crippen molar-refractivity contribution < 1.29 is 14.3 Å². The van der Waals surface area contributed by atoms with Gasteiger partial charge in [-0.25, -0.2) is 0 Å². The number of halogens is 1. The van der Waals surface area contributed by atoms with Crippen LogP contribution in [0.15, 0.2) is 54.6 Å². The number of rotatable bonds is 5. The van der Waals surface area contributed by atoms with E-state index in [0.717, 1.165) is 10.4 Å². The fourth-order valence-corrected chi connectivity index (χ4v) is 3.35. The summed E-state index contributed by atoms with van der Waals surface area (Å²) in [7, 11) is 3.13. The van der Waals surface area contributed by atoms with Crippen molar-refractivity contribution in [3.8, 4) is 21.9 Å². The zero-order valence-electron chi connectivity index (χ0n) is 13.7. The Labute approximate surface area is 155 Å². The van der Waals surface area contributed by atoms with Gasteiger partial charge < -0.3 is 14.8 Å². The Morgan fingerprint density at radius 1 is 1.00 bits per heavy atom. The van der Waals surface area contributed by atoms with Crippen molar-refractivity contribution >= 4 is 34.5 Å². The number of anilines is 1. The summed E-state index contributed by atoms with van der Waals surface area (Å²) in [5.74, 6) is 1.02. The first-order chi connectivity index (χ1) is 12.1. The molecule has 1 aromatic heterocycles. The molecule has 3 rings (SSSR count). The third-order valence-corrected chi connectivity index (χ3v) is 5.00. The summed E-state index contributed by atoms with van der Waals surface area (Å²) in [5, 5.41) is 3.56. The number of carbonyl (C=O) groups excluding carboxylic acids is 1. The van der Waals surface area contributed by atoms with E-state index in [0.29, 0.717) is 27.1 Å². The van der Waals surface area contributed by atoms with Gasteiger partial charge in [-0.2, -0.15) is 0 Å². The number of thiophene rings is 1. The van der Waals surface area contributed by atoms with Gasteiger partial charge in [0.15, 0.2) is 0 Å². The van der Waals surface area contributed by atoms with Gasteiger partial charge in [-0.3, -0.25) is 4.79 Å². The minimum Gasteiger partial charge on any atom is -0.497 e. The fraction of sp³-hybridized carbons (Fsp3) is 0.105. The SMILES string of the molecule is COc1ccc(NC(=O)c2ccc(-c3ccc(Cl)cc3)s2)c(OC)c1. The van der Waals surface area contributed by atoms with Crippen molar-refractivity contribution in [2.45, 2.75) is 0 Å². The molecule has 0 aliphatic heterocycles. The molecule has 0 saturated carbocycles. The summed E-state index contributed by atoms with van der Waals surface area (Å²) in [4.78, 5) is 14.1. The van der Waals surface area contributed by atoms with Crippen LogP contribution in [0.5, 0.6) is 11.5 Å². The highest BCUT2D eigenvalue weighted by molar-refractivity contribution is 7.17. The minimum atomic E-state index is -0.186. The number of carbonyl (C=O) groups is 1. The normalized spacial score (nSPS) is 10.4. The lowest BCUT2D eigenvalue weighted by Gasteiger charge is -2.11. The number of amides is 1. The summed E-state index contributed by atoms with van der Waals surface area (Å²) in [6, 6.07) is 16.5. The zero-order valence-corrected chi connectivity index (χ0v) is 15.3. The van der Waals surface area contributed by atoms with Crippen molar-refractivity contribution in [2.75, 3.05) is 19.5 Å². The monoisotopic (exact) mass is 373 g/mol. The summed E-state index contributed by atoms with van der Waals surface area (Å²) < 4.78 is 10.5. The van der Waals surface area contributed by atoms with Crippen LogP contribution in [-0.2, 0) is 0 Å². The molecule has 0 unspecified atom stereocenters. The minimum absolute atomic E-state index is 0.186. The van der Waals surface area contributed by atoms with Gasteiger partial charge in [-0.05, 0) is 42.0 Å². The van der Waals surface area contributed by atoms with Crippen LogP contribution in [0, 0.1) is 0 Å². The van der Waals surface area contributed by atoms with E-state index in [1.54, 1.807) is 38.5 Å². The Hall–Kier alpha value is -2.50. The smallest absolute Gasteiger partial charge is 0.265 e. The highest BCUT2D eigenvalue weighted by atomic mass is 35.5. The van der Waals surface area contributed by atoms with Gasteiger partial charge in [-0.1, -0.05) is 23.7 Å². The standard InChI is InChI=1S/C19H16ClNO3S/c1-23-14-7-8-15(16(11-14)24-2)21-19(22)18-10-9-17(25-18)12-3-5-13(20)6-4-12/h3-11H,1-2H3,(H,21,22). The Kier molecular flexibility index (Phi) is 5.26. The molecule has 6 heteroatoms. The molecule has 0 atom stereocenters. The Balaban J connectivity index is 1.79. The van der Waals surface area contributed by atoms with E-state index in [9.17, 15) is 4.79 Å². The van der Waals surface area contributed by atoms with E-state index in [2.05, 4.69) is 5.32 Å². The molecule has 128 valence electrons. The molecule has 4 nitrogen and oxygen atoms in total. The summed E-state index contributed by atoms with van der Waals surface area (Å²) in [5.41, 5.74) is 1.62. The average Bonchev–Trinajstić information content (AvgIpc) is 3.13. The van der Waals surface area contributed by atoms with E-state index in [1.807, 2.05) is 30.3 Å². The van der Waals surface area contributed by atoms with E-state index in [4.69, 9.17) is 21.1 Å². The van der Waals surface area contributed by atoms with Crippen LogP contribution in [0.1, 0.15) is 9.67 Å². The maximum absolute atomic E-state index is 12.5. The van der Waals surface area contributed by atoms with Gasteiger partial charge in [0.25, 0.3) is 5.91 Å². The first kappa shape index (κ1) is 17.3. The molecule has 1 heterocycles. The number of hydrogen-bond acceptors (Lipinski definition) is 4. The Bertz CT molecular complexity index is 890. The molecule has 1 N–H and O–H groups in total. The van der Waals surface area contributed by atoms with Crippen molar-refractivity contribution in [3.05, 3.63) is 64.5 Å². The second-order valence-corrected chi connectivity index (χ2v) is 6.71. The summed E-state index contributed by atoms with van der Waals surface area (Å²) in [6.45, 7) is 0. The van der Waals surface area contributed by atoms with Crippen LogP contribution >= 0.6 is 22.9 Å². The van der Waals surface area contributed by atoms with Gasteiger partial charge in [0, 0.05) is 16.0 Å². The first-order valence-electron chi connectivity index (χ1n) is 7.50. The number of nitrogens with one attached hydrogen (secondary N) is 1. The third kappa shape index (κ3) is 3.95. The Morgan fingerprint density at radius 3 is 2.44 bits per heavy atom. The molecule has 0 saturated heterocycles. The summed E-state index contributed by atoms with van der Waals surface area (Å²) in [6.07, 6.45) is 0. The van der Waals surface area contributed by atoms with Crippen molar-refractivity contribution in [1.82, 2.24) is 0 Å². The second kappa shape index (κ2) is 7.59. The van der Waals surface area contributed by atoms with Crippen LogP contribution in [-0.4, -0.2) is 20.1 Å². The molecular weight excluding hydrogens is 358 g/mol. The van der Waals surface area contributed by atoms with Gasteiger partial charge in [0.1, 0.15) is 11.5 Å². The van der Waals surface area contributed by atoms with Crippen LogP contribution in [0.25, 0.3) is 10.4 Å². The topological polar surface area (TPSA) is 47.6 Å². The van der Waals surface area contributed by atoms with E-state index in [-0.39, 0.29) is 5.91 Å². The van der Waals surface area contributed by atoms with E-state index < -0.39 is 0 Å². The molecule has 0 aliphatic rings. The molecule has 0 bridgehead atoms. The predicted octanol–water partition coefficient (Wildman–Crippen LogP) is 5.34. The number of hydrogen-bond donors (Lipinski definition) is 1. The van der Waals surface area contributed by atoms with Crippen molar-refractivity contribution in [1.29, 1.82) is 0 Å². The third-order valence-electron chi connectivity index (χ3n) is 3.62. The second-order valence-electron chi connectivity index (χ2n) is 5.19. The highest BCUT2D eigenvalue weighted by Gasteiger charge is 2.13. The lowest BCUT2D eigenvalue weighted by atomic mass is 10.2. The molecule has 0 fully saturated rings. The number of ether oxygens (including phenoxy) is 2. The van der Waals surface area contributed by atoms with Crippen molar-refractivity contribution in [2.24, 2.45) is 0 Å². The Morgan fingerprint density at radius 2 is 1.76 bits per heavy atom. The quantitative estimate of drug-likeness (QED) is 0.656. The largest absolute Gasteiger partial charge is 0.497 e. The van der Waals surface area contributed by atoms with Crippen LogP contribution in [0.4, 0.5) is 5.69 Å². The fourth-order valence-electron chi connectivity index (χ4n) is 2.31. The van der Waals surface area contributed by atoms with E-state index in [1.165, 1.54) is 11.3 Å². The van der Waals surface area contributed by atoms with Crippen LogP contribution in [0.2, 0.25) is 5.02 Å². The van der Waals surface area contributed by atoms with E-state index >= 15 is 0 Å². The molecule has 1 amide bonds. The van der Waals surface area contributed by atoms with Gasteiger partial charge in [0.2, 0.25) is 0 Å². The lowest BCUT2D eigenvalue weighted by Crippen LogP contribution is -2.11. The average molecular weight is 374 g/mol. The number of benzene rings is 2. The van der Waals surface area contributed by atoms with Crippen LogP contribution < -0.4 is 14.8 Å². The molecular formula is C19H16ClNO3S. The summed E-state index contributed by atoms with van der Waals surface area (Å²) >= 11 is 7.33. The molecule has 0 radical (unpaired) electrons.